The van der Waals surface area contributed by atoms with Gasteiger partial charge in [0.05, 0.1) is 18.0 Å². The highest BCUT2D eigenvalue weighted by Crippen LogP contribution is 2.34. The molecule has 2 fully saturated rings. The molecular weight excluding hydrogens is 480 g/mol. The van der Waals surface area contributed by atoms with Crippen LogP contribution in [-0.4, -0.2) is 61.2 Å². The van der Waals surface area contributed by atoms with Crippen LogP contribution in [0.5, 0.6) is 0 Å². The van der Waals surface area contributed by atoms with Gasteiger partial charge in [-0.25, -0.2) is 17.2 Å². The van der Waals surface area contributed by atoms with Crippen molar-refractivity contribution in [2.24, 2.45) is 5.92 Å². The minimum absolute atomic E-state index is 0.0200. The molecule has 4 rings (SSSR count). The van der Waals surface area contributed by atoms with Gasteiger partial charge >= 0.3 is 0 Å². The average Bonchev–Trinajstić information content (AvgIpc) is 3.44. The van der Waals surface area contributed by atoms with E-state index in [1.54, 1.807) is 23.0 Å². The Kier molecular flexibility index (Phi) is 7.12. The van der Waals surface area contributed by atoms with Gasteiger partial charge in [0, 0.05) is 24.1 Å². The number of hydrogen-bond donors (Lipinski definition) is 1. The lowest BCUT2D eigenvalue weighted by Crippen LogP contribution is -2.24. The molecule has 1 saturated carbocycles. The fourth-order valence-electron chi connectivity index (χ4n) is 4.30. The number of carbonyl (C=O) groups excluding carboxylic acids is 1. The van der Waals surface area contributed by atoms with Gasteiger partial charge in [-0.05, 0) is 50.3 Å². The molecule has 8 nitrogen and oxygen atoms in total. The summed E-state index contributed by atoms with van der Waals surface area (Å²) in [5.41, 5.74) is 0.631. The van der Waals surface area contributed by atoms with Crippen LogP contribution < -0.4 is 5.32 Å². The van der Waals surface area contributed by atoms with Crippen LogP contribution in [0.3, 0.4) is 0 Å². The van der Waals surface area contributed by atoms with Crippen molar-refractivity contribution in [3.8, 4) is 0 Å². The molecule has 2 unspecified atom stereocenters. The zero-order valence-electron chi connectivity index (χ0n) is 19.8. The molecule has 1 aliphatic carbocycles. The Hall–Kier alpha value is -2.63. The number of allylic oxidation sites excluding steroid dienone is 1. The van der Waals surface area contributed by atoms with E-state index in [0.29, 0.717) is 24.5 Å². The van der Waals surface area contributed by atoms with Gasteiger partial charge in [-0.2, -0.15) is 5.10 Å². The zero-order chi connectivity index (χ0) is 25.4. The second-order valence-electron chi connectivity index (χ2n) is 9.47. The maximum atomic E-state index is 13.8. The smallest absolute Gasteiger partial charge is 0.257 e. The fraction of sp³-hybridized carbons (Fsp3) is 0.500. The van der Waals surface area contributed by atoms with Crippen molar-refractivity contribution in [1.82, 2.24) is 9.78 Å². The minimum Gasteiger partial charge on any atom is -0.348 e. The summed E-state index contributed by atoms with van der Waals surface area (Å²) in [6, 6.07) is 7.45. The number of halogens is 2. The van der Waals surface area contributed by atoms with Gasteiger partial charge in [0.25, 0.3) is 5.91 Å². The first-order chi connectivity index (χ1) is 16.4. The van der Waals surface area contributed by atoms with Gasteiger partial charge in [-0.1, -0.05) is 18.2 Å². The monoisotopic (exact) mass is 509 g/mol. The second kappa shape index (κ2) is 9.79. The molecule has 2 aliphatic rings. The lowest BCUT2D eigenvalue weighted by atomic mass is 9.98. The van der Waals surface area contributed by atoms with Crippen molar-refractivity contribution in [1.29, 1.82) is 0 Å². The number of nitrogens with zero attached hydrogens (tertiary/aromatic N) is 2. The summed E-state index contributed by atoms with van der Waals surface area (Å²) in [5, 5.41) is 7.09. The van der Waals surface area contributed by atoms with Crippen LogP contribution >= 0.6 is 0 Å². The SMILES string of the molecule is CC1(C)OC[C@H](Cn2ccc(NC(=O)/C(=C/C3CC(F)C(F)C3)c3ccc(S(C)(=O)=O)cc3)n2)O1. The number of alkyl halides is 2. The molecule has 35 heavy (non-hydrogen) atoms. The Bertz CT molecular complexity index is 1200. The maximum absolute atomic E-state index is 13.8. The maximum Gasteiger partial charge on any atom is 0.257 e. The van der Waals surface area contributed by atoms with Gasteiger partial charge in [-0.3, -0.25) is 9.48 Å². The van der Waals surface area contributed by atoms with E-state index in [1.165, 1.54) is 24.3 Å². The summed E-state index contributed by atoms with van der Waals surface area (Å²) < 4.78 is 64.1. The van der Waals surface area contributed by atoms with Crippen molar-refractivity contribution >= 4 is 27.1 Å². The quantitative estimate of drug-likeness (QED) is 0.573. The number of anilines is 1. The number of aromatic nitrogens is 2. The summed E-state index contributed by atoms with van der Waals surface area (Å²) >= 11 is 0. The van der Waals surface area contributed by atoms with Gasteiger partial charge in [-0.15, -0.1) is 0 Å². The molecule has 11 heteroatoms. The van der Waals surface area contributed by atoms with E-state index in [4.69, 9.17) is 9.47 Å². The van der Waals surface area contributed by atoms with Crippen LogP contribution in [0.4, 0.5) is 14.6 Å². The fourth-order valence-corrected chi connectivity index (χ4v) is 4.93. The largest absolute Gasteiger partial charge is 0.348 e. The molecule has 1 aromatic carbocycles. The Labute approximate surface area is 203 Å². The second-order valence-corrected chi connectivity index (χ2v) is 11.5. The molecule has 1 aromatic heterocycles. The van der Waals surface area contributed by atoms with Crippen LogP contribution in [0.15, 0.2) is 47.5 Å². The third kappa shape index (κ3) is 6.33. The normalized spacial score (nSPS) is 26.7. The Balaban J connectivity index is 1.52. The van der Waals surface area contributed by atoms with Crippen molar-refractivity contribution in [3.05, 3.63) is 48.2 Å². The molecule has 0 bridgehead atoms. The zero-order valence-corrected chi connectivity index (χ0v) is 20.6. The topological polar surface area (TPSA) is 99.5 Å². The van der Waals surface area contributed by atoms with Gasteiger partial charge in [0.15, 0.2) is 21.4 Å². The van der Waals surface area contributed by atoms with Crippen LogP contribution in [0, 0.1) is 5.92 Å². The number of amides is 1. The standard InChI is InChI=1S/C24H29F2N3O5S/c1-24(2)33-14-17(34-24)13-29-9-8-22(28-29)27-23(30)19(10-15-11-20(25)21(26)12-15)16-4-6-18(7-5-16)35(3,31)32/h4-10,15,17,20-21H,11-14H2,1-3H3,(H,27,28,30)/b19-10+/t15?,17-,20?,21?/m0/s1. The number of ether oxygens (including phenoxy) is 2. The van der Waals surface area contributed by atoms with Gasteiger partial charge < -0.3 is 14.8 Å². The molecule has 2 heterocycles. The number of hydrogen-bond acceptors (Lipinski definition) is 6. The molecule has 1 N–H and O–H groups in total. The van der Waals surface area contributed by atoms with Crippen LogP contribution in [-0.2, 0) is 30.7 Å². The molecule has 1 aliphatic heterocycles. The summed E-state index contributed by atoms with van der Waals surface area (Å²) in [4.78, 5) is 13.3. The summed E-state index contributed by atoms with van der Waals surface area (Å²) in [6.45, 7) is 4.53. The summed E-state index contributed by atoms with van der Waals surface area (Å²) in [5.74, 6) is -1.33. The molecule has 2 aromatic rings. The van der Waals surface area contributed by atoms with E-state index < -0.39 is 39.8 Å². The Morgan fingerprint density at radius 1 is 1.20 bits per heavy atom. The predicted octanol–water partition coefficient (Wildman–Crippen LogP) is 3.55. The molecule has 1 amide bonds. The molecular formula is C24H29F2N3O5S. The molecule has 3 atom stereocenters. The number of nitrogens with one attached hydrogen (secondary N) is 1. The van der Waals surface area contributed by atoms with Crippen LogP contribution in [0.1, 0.15) is 32.3 Å². The van der Waals surface area contributed by atoms with Gasteiger partial charge in [0.1, 0.15) is 18.4 Å². The highest BCUT2D eigenvalue weighted by atomic mass is 32.2. The van der Waals surface area contributed by atoms with E-state index in [0.717, 1.165) is 6.26 Å². The van der Waals surface area contributed by atoms with Crippen molar-refractivity contribution in [2.75, 3.05) is 18.2 Å². The first-order valence-electron chi connectivity index (χ1n) is 11.4. The van der Waals surface area contributed by atoms with Crippen molar-refractivity contribution in [2.45, 2.75) is 62.4 Å². The summed E-state index contributed by atoms with van der Waals surface area (Å²) in [6.07, 6.45) is 0.981. The number of benzene rings is 1. The Morgan fingerprint density at radius 2 is 1.86 bits per heavy atom. The molecule has 0 spiro atoms. The molecule has 1 saturated heterocycles. The van der Waals surface area contributed by atoms with E-state index in [1.807, 2.05) is 13.8 Å². The Morgan fingerprint density at radius 3 is 2.43 bits per heavy atom. The average molecular weight is 510 g/mol. The highest BCUT2D eigenvalue weighted by molar-refractivity contribution is 7.90. The van der Waals surface area contributed by atoms with Crippen LogP contribution in [0.25, 0.3) is 5.57 Å². The molecule has 0 radical (unpaired) electrons. The number of sulfone groups is 1. The third-order valence-electron chi connectivity index (χ3n) is 6.03. The first-order valence-corrected chi connectivity index (χ1v) is 13.3. The van der Waals surface area contributed by atoms with E-state index in [9.17, 15) is 22.0 Å². The van der Waals surface area contributed by atoms with E-state index >= 15 is 0 Å². The lowest BCUT2D eigenvalue weighted by Gasteiger charge is -2.16. The van der Waals surface area contributed by atoms with Crippen LogP contribution in [0.2, 0.25) is 0 Å². The van der Waals surface area contributed by atoms with Crippen molar-refractivity contribution in [3.63, 3.8) is 0 Å². The number of carbonyl (C=O) groups is 1. The minimum atomic E-state index is -3.42. The first kappa shape index (κ1) is 25.5. The van der Waals surface area contributed by atoms with Gasteiger partial charge in [0.2, 0.25) is 0 Å². The van der Waals surface area contributed by atoms with E-state index in [2.05, 4.69) is 10.4 Å². The summed E-state index contributed by atoms with van der Waals surface area (Å²) in [7, 11) is -3.42. The lowest BCUT2D eigenvalue weighted by molar-refractivity contribution is -0.139. The van der Waals surface area contributed by atoms with E-state index in [-0.39, 0.29) is 29.4 Å². The van der Waals surface area contributed by atoms with Crippen molar-refractivity contribution < 1.29 is 31.5 Å². The predicted molar refractivity (Wildman–Crippen MR) is 126 cm³/mol. The number of rotatable bonds is 7. The highest BCUT2D eigenvalue weighted by Gasteiger charge is 2.34. The molecule has 190 valence electrons. The third-order valence-corrected chi connectivity index (χ3v) is 7.16.